The highest BCUT2D eigenvalue weighted by Crippen LogP contribution is 2.24. The summed E-state index contributed by atoms with van der Waals surface area (Å²) in [6.45, 7) is 3.28. The molecule has 2 aromatic carbocycles. The highest BCUT2D eigenvalue weighted by Gasteiger charge is 2.27. The third-order valence-electron chi connectivity index (χ3n) is 3.62. The van der Waals surface area contributed by atoms with E-state index in [9.17, 15) is 13.2 Å². The van der Waals surface area contributed by atoms with Crippen LogP contribution in [-0.4, -0.2) is 26.6 Å². The number of sulfonamides is 1. The molecule has 8 heteroatoms. The fourth-order valence-electron chi connectivity index (χ4n) is 2.04. The molecule has 0 aliphatic heterocycles. The van der Waals surface area contributed by atoms with Crippen LogP contribution < -0.4 is 9.73 Å². The van der Waals surface area contributed by atoms with E-state index in [2.05, 4.69) is 10.5 Å². The second kappa shape index (κ2) is 8.82. The number of halogens is 1. The lowest BCUT2D eigenvalue weighted by Gasteiger charge is -2.23. The normalized spacial score (nSPS) is 11.9. The number of benzene rings is 2. The van der Waals surface area contributed by atoms with Gasteiger partial charge >= 0.3 is 0 Å². The number of amides is 1. The van der Waals surface area contributed by atoms with E-state index in [0.717, 1.165) is 10.0 Å². The summed E-state index contributed by atoms with van der Waals surface area (Å²) in [6, 6.07) is 14.2. The first-order valence-corrected chi connectivity index (χ1v) is 9.81. The minimum absolute atomic E-state index is 0.0935. The summed E-state index contributed by atoms with van der Waals surface area (Å²) in [6.07, 6.45) is 0.684. The molecule has 0 spiro atoms. The standard InChI is InChI=1S/C18H20ClN3O3S/c1-3-14(2)20-21-18(23)13-22(16-11-9-15(19)10-12-16)26(24,25)17-7-5-4-6-8-17/h4-12H,3,13H2,1-2H3,(H,21,23)/b20-14+. The van der Waals surface area contributed by atoms with E-state index >= 15 is 0 Å². The largest absolute Gasteiger partial charge is 0.271 e. The Balaban J connectivity index is 2.37. The van der Waals surface area contributed by atoms with E-state index in [0.29, 0.717) is 17.1 Å². The summed E-state index contributed by atoms with van der Waals surface area (Å²) in [5, 5.41) is 4.40. The molecule has 0 saturated heterocycles. The first-order valence-electron chi connectivity index (χ1n) is 8.00. The molecule has 0 heterocycles. The molecule has 0 aromatic heterocycles. The molecule has 26 heavy (non-hydrogen) atoms. The lowest BCUT2D eigenvalue weighted by molar-refractivity contribution is -0.119. The van der Waals surface area contributed by atoms with Crippen molar-refractivity contribution in [3.8, 4) is 0 Å². The molecule has 6 nitrogen and oxygen atoms in total. The predicted octanol–water partition coefficient (Wildman–Crippen LogP) is 3.44. The number of hydrogen-bond acceptors (Lipinski definition) is 4. The van der Waals surface area contributed by atoms with Gasteiger partial charge in [-0.25, -0.2) is 13.8 Å². The van der Waals surface area contributed by atoms with Gasteiger partial charge in [-0.3, -0.25) is 9.10 Å². The summed E-state index contributed by atoms with van der Waals surface area (Å²) >= 11 is 5.89. The van der Waals surface area contributed by atoms with Gasteiger partial charge in [0.05, 0.1) is 10.6 Å². The van der Waals surface area contributed by atoms with Crippen LogP contribution in [0.1, 0.15) is 20.3 Å². The second-order valence-electron chi connectivity index (χ2n) is 5.54. The molecule has 0 atom stereocenters. The van der Waals surface area contributed by atoms with Gasteiger partial charge in [0.2, 0.25) is 0 Å². The third kappa shape index (κ3) is 5.06. The van der Waals surface area contributed by atoms with Crippen LogP contribution in [0.3, 0.4) is 0 Å². The molecule has 0 aliphatic carbocycles. The summed E-state index contributed by atoms with van der Waals surface area (Å²) in [4.78, 5) is 12.3. The van der Waals surface area contributed by atoms with Gasteiger partial charge in [-0.05, 0) is 49.7 Å². The van der Waals surface area contributed by atoms with Crippen LogP contribution in [0.2, 0.25) is 5.02 Å². The lowest BCUT2D eigenvalue weighted by atomic mass is 10.3. The molecular weight excluding hydrogens is 374 g/mol. The SMILES string of the molecule is CC/C(C)=N/NC(=O)CN(c1ccc(Cl)cc1)S(=O)(=O)c1ccccc1. The van der Waals surface area contributed by atoms with Gasteiger partial charge in [-0.1, -0.05) is 36.7 Å². The minimum Gasteiger partial charge on any atom is -0.271 e. The molecule has 2 aromatic rings. The van der Waals surface area contributed by atoms with E-state index in [4.69, 9.17) is 11.6 Å². The Kier molecular flexibility index (Phi) is 6.76. The van der Waals surface area contributed by atoms with Crippen LogP contribution in [0.5, 0.6) is 0 Å². The summed E-state index contributed by atoms with van der Waals surface area (Å²) in [5.41, 5.74) is 3.46. The van der Waals surface area contributed by atoms with E-state index in [-0.39, 0.29) is 4.90 Å². The number of anilines is 1. The molecule has 0 saturated carbocycles. The average Bonchev–Trinajstić information content (AvgIpc) is 2.65. The average molecular weight is 394 g/mol. The molecule has 0 unspecified atom stereocenters. The first kappa shape index (κ1) is 19.9. The Morgan fingerprint density at radius 1 is 1.12 bits per heavy atom. The van der Waals surface area contributed by atoms with Crippen molar-refractivity contribution in [3.63, 3.8) is 0 Å². The molecule has 2 rings (SSSR count). The van der Waals surface area contributed by atoms with Gasteiger partial charge in [0.15, 0.2) is 0 Å². The van der Waals surface area contributed by atoms with E-state index < -0.39 is 22.5 Å². The molecule has 0 radical (unpaired) electrons. The van der Waals surface area contributed by atoms with Crippen LogP contribution in [0, 0.1) is 0 Å². The van der Waals surface area contributed by atoms with Gasteiger partial charge in [-0.2, -0.15) is 5.10 Å². The van der Waals surface area contributed by atoms with Crippen LogP contribution >= 0.6 is 11.6 Å². The van der Waals surface area contributed by atoms with Crippen molar-refractivity contribution in [1.29, 1.82) is 0 Å². The number of hydrogen-bond donors (Lipinski definition) is 1. The maximum Gasteiger partial charge on any atom is 0.264 e. The van der Waals surface area contributed by atoms with Gasteiger partial charge < -0.3 is 0 Å². The zero-order chi connectivity index (χ0) is 19.2. The van der Waals surface area contributed by atoms with Crippen molar-refractivity contribution < 1.29 is 13.2 Å². The first-order chi connectivity index (χ1) is 12.3. The second-order valence-corrected chi connectivity index (χ2v) is 7.84. The fourth-order valence-corrected chi connectivity index (χ4v) is 3.61. The monoisotopic (exact) mass is 393 g/mol. The van der Waals surface area contributed by atoms with Crippen LogP contribution in [0.25, 0.3) is 0 Å². The Morgan fingerprint density at radius 2 is 1.73 bits per heavy atom. The molecular formula is C18H20ClN3O3S. The quantitative estimate of drug-likeness (QED) is 0.578. The summed E-state index contributed by atoms with van der Waals surface area (Å²) < 4.78 is 27.1. The molecule has 0 fully saturated rings. The molecule has 1 amide bonds. The number of hydrazone groups is 1. The number of carbonyl (C=O) groups excluding carboxylic acids is 1. The summed E-state index contributed by atoms with van der Waals surface area (Å²) in [5.74, 6) is -0.535. The molecule has 138 valence electrons. The Morgan fingerprint density at radius 3 is 2.31 bits per heavy atom. The van der Waals surface area contributed by atoms with Crippen molar-refractivity contribution >= 4 is 38.9 Å². The topological polar surface area (TPSA) is 78.8 Å². The van der Waals surface area contributed by atoms with E-state index in [1.165, 1.54) is 12.1 Å². The van der Waals surface area contributed by atoms with Gasteiger partial charge in [0.1, 0.15) is 6.54 Å². The van der Waals surface area contributed by atoms with Gasteiger partial charge in [0, 0.05) is 10.7 Å². The van der Waals surface area contributed by atoms with Crippen LogP contribution in [-0.2, 0) is 14.8 Å². The van der Waals surface area contributed by atoms with Crippen LogP contribution in [0.15, 0.2) is 64.6 Å². The zero-order valence-electron chi connectivity index (χ0n) is 14.5. The Labute approximate surface area is 158 Å². The smallest absolute Gasteiger partial charge is 0.264 e. The maximum atomic E-state index is 13.0. The number of carbonyl (C=O) groups is 1. The highest BCUT2D eigenvalue weighted by atomic mass is 35.5. The minimum atomic E-state index is -3.93. The predicted molar refractivity (Wildman–Crippen MR) is 104 cm³/mol. The molecule has 1 N–H and O–H groups in total. The van der Waals surface area contributed by atoms with E-state index in [1.807, 2.05) is 6.92 Å². The summed E-state index contributed by atoms with van der Waals surface area (Å²) in [7, 11) is -3.93. The van der Waals surface area contributed by atoms with Crippen molar-refractivity contribution in [2.75, 3.05) is 10.8 Å². The third-order valence-corrected chi connectivity index (χ3v) is 5.66. The van der Waals surface area contributed by atoms with Crippen molar-refractivity contribution in [3.05, 3.63) is 59.6 Å². The van der Waals surface area contributed by atoms with Crippen molar-refractivity contribution in [2.45, 2.75) is 25.2 Å². The highest BCUT2D eigenvalue weighted by molar-refractivity contribution is 7.92. The van der Waals surface area contributed by atoms with E-state index in [1.54, 1.807) is 49.4 Å². The zero-order valence-corrected chi connectivity index (χ0v) is 16.1. The molecule has 0 bridgehead atoms. The number of rotatable bonds is 7. The Bertz CT molecular complexity index is 882. The van der Waals surface area contributed by atoms with Crippen molar-refractivity contribution in [2.24, 2.45) is 5.10 Å². The van der Waals surface area contributed by atoms with Gasteiger partial charge in [-0.15, -0.1) is 0 Å². The van der Waals surface area contributed by atoms with Gasteiger partial charge in [0.25, 0.3) is 15.9 Å². The number of nitrogens with zero attached hydrogens (tertiary/aromatic N) is 2. The van der Waals surface area contributed by atoms with Crippen molar-refractivity contribution in [1.82, 2.24) is 5.43 Å². The fraction of sp³-hybridized carbons (Fsp3) is 0.222. The Hall–Kier alpha value is -2.38. The lowest BCUT2D eigenvalue weighted by Crippen LogP contribution is -2.39. The van der Waals surface area contributed by atoms with Crippen LogP contribution in [0.4, 0.5) is 5.69 Å². The molecule has 0 aliphatic rings. The maximum absolute atomic E-state index is 13.0. The number of nitrogens with one attached hydrogen (secondary N) is 1.